The number of ether oxygens (including phenoxy) is 1. The molecule has 3 rings (SSSR count). The van der Waals surface area contributed by atoms with Crippen molar-refractivity contribution in [1.29, 1.82) is 0 Å². The van der Waals surface area contributed by atoms with Crippen molar-refractivity contribution in [3.8, 4) is 0 Å². The van der Waals surface area contributed by atoms with Crippen LogP contribution in [-0.2, 0) is 20.3 Å². The minimum atomic E-state index is -0.829. The maximum atomic E-state index is 14.7. The smallest absolute Gasteiger partial charge is 0.414 e. The van der Waals surface area contributed by atoms with Crippen molar-refractivity contribution < 1.29 is 22.9 Å². The van der Waals surface area contributed by atoms with E-state index in [9.17, 15) is 18.2 Å². The third-order valence-corrected chi connectivity index (χ3v) is 6.39. The van der Waals surface area contributed by atoms with E-state index in [1.165, 1.54) is 11.0 Å². The van der Waals surface area contributed by atoms with Gasteiger partial charge in [0.25, 0.3) is 0 Å². The summed E-state index contributed by atoms with van der Waals surface area (Å²) in [6, 6.07) is 4.66. The minimum absolute atomic E-state index is 0.0638. The first-order valence-corrected chi connectivity index (χ1v) is 11.5. The van der Waals surface area contributed by atoms with Crippen LogP contribution in [0.2, 0.25) is 0 Å². The molecule has 9 heteroatoms. The van der Waals surface area contributed by atoms with Gasteiger partial charge in [0.05, 0.1) is 24.5 Å². The lowest BCUT2D eigenvalue weighted by Gasteiger charge is -2.29. The first kappa shape index (κ1) is 21.5. The number of hydrogen-bond acceptors (Lipinski definition) is 5. The SMILES string of the molecule is CC(C)CCC(=O)NC[C@H]1CN(c2ccc(N3CCS(=O)CC3)c(F)c2)C(=O)O1. The average molecular weight is 426 g/mol. The van der Waals surface area contributed by atoms with Gasteiger partial charge in [0.2, 0.25) is 5.91 Å². The fourth-order valence-corrected chi connectivity index (χ4v) is 4.43. The van der Waals surface area contributed by atoms with Crippen molar-refractivity contribution >= 4 is 34.2 Å². The Morgan fingerprint density at radius 3 is 2.72 bits per heavy atom. The number of rotatable bonds is 7. The van der Waals surface area contributed by atoms with E-state index in [-0.39, 0.29) is 19.0 Å². The van der Waals surface area contributed by atoms with E-state index in [0.29, 0.717) is 48.3 Å². The van der Waals surface area contributed by atoms with E-state index in [2.05, 4.69) is 19.2 Å². The second-order valence-corrected chi connectivity index (χ2v) is 9.52. The number of amides is 2. The number of cyclic esters (lactones) is 1. The molecule has 1 aromatic rings. The fraction of sp³-hybridized carbons (Fsp3) is 0.600. The molecule has 160 valence electrons. The van der Waals surface area contributed by atoms with Gasteiger partial charge in [-0.2, -0.15) is 0 Å². The van der Waals surface area contributed by atoms with Gasteiger partial charge in [-0.3, -0.25) is 13.9 Å². The van der Waals surface area contributed by atoms with Crippen LogP contribution < -0.4 is 15.1 Å². The van der Waals surface area contributed by atoms with E-state index in [1.807, 2.05) is 4.90 Å². The zero-order valence-electron chi connectivity index (χ0n) is 16.9. The van der Waals surface area contributed by atoms with E-state index in [4.69, 9.17) is 4.74 Å². The summed E-state index contributed by atoms with van der Waals surface area (Å²) in [5.41, 5.74) is 0.873. The molecule has 0 unspecified atom stereocenters. The van der Waals surface area contributed by atoms with Crippen molar-refractivity contribution in [2.75, 3.05) is 47.5 Å². The Balaban J connectivity index is 1.56. The minimum Gasteiger partial charge on any atom is -0.442 e. The summed E-state index contributed by atoms with van der Waals surface area (Å²) >= 11 is 0. The molecule has 0 aliphatic carbocycles. The molecule has 1 atom stereocenters. The zero-order chi connectivity index (χ0) is 21.0. The van der Waals surface area contributed by atoms with Crippen molar-refractivity contribution in [2.24, 2.45) is 5.92 Å². The van der Waals surface area contributed by atoms with Gasteiger partial charge in [-0.1, -0.05) is 13.8 Å². The molecular weight excluding hydrogens is 397 g/mol. The Morgan fingerprint density at radius 2 is 2.07 bits per heavy atom. The van der Waals surface area contributed by atoms with Crippen LogP contribution in [0.5, 0.6) is 0 Å². The molecule has 1 N–H and O–H groups in total. The summed E-state index contributed by atoms with van der Waals surface area (Å²) in [6.07, 6.45) is 0.233. The molecular formula is C20H28FN3O4S. The van der Waals surface area contributed by atoms with Gasteiger partial charge in [0.15, 0.2) is 0 Å². The van der Waals surface area contributed by atoms with Crippen molar-refractivity contribution in [3.05, 3.63) is 24.0 Å². The Kier molecular flexibility index (Phi) is 7.10. The van der Waals surface area contributed by atoms with Crippen LogP contribution in [-0.4, -0.2) is 60.0 Å². The zero-order valence-corrected chi connectivity index (χ0v) is 17.7. The number of nitrogens with zero attached hydrogens (tertiary/aromatic N) is 2. The summed E-state index contributed by atoms with van der Waals surface area (Å²) in [5, 5.41) is 2.79. The van der Waals surface area contributed by atoms with Gasteiger partial charge in [-0.25, -0.2) is 9.18 Å². The standard InChI is InChI=1S/C20H28FN3O4S/c1-14(2)3-6-19(25)22-12-16-13-24(20(26)28-16)15-4-5-18(17(21)11-15)23-7-9-29(27)10-8-23/h4-5,11,14,16H,3,6-10,12-13H2,1-2H3,(H,22,25)/t16-/m0/s1. The van der Waals surface area contributed by atoms with Gasteiger partial charge in [-0.05, 0) is 30.5 Å². The number of carbonyl (C=O) groups is 2. The van der Waals surface area contributed by atoms with Crippen molar-refractivity contribution in [3.63, 3.8) is 0 Å². The van der Waals surface area contributed by atoms with Gasteiger partial charge in [0, 0.05) is 41.8 Å². The number of benzene rings is 1. The fourth-order valence-electron chi connectivity index (χ4n) is 3.37. The summed E-state index contributed by atoms with van der Waals surface area (Å²) in [5.74, 6) is 1.03. The van der Waals surface area contributed by atoms with Crippen LogP contribution in [0, 0.1) is 11.7 Å². The van der Waals surface area contributed by atoms with Gasteiger partial charge in [0.1, 0.15) is 11.9 Å². The lowest BCUT2D eigenvalue weighted by molar-refractivity contribution is -0.121. The second kappa shape index (κ2) is 9.56. The second-order valence-electron chi connectivity index (χ2n) is 7.82. The Bertz CT molecular complexity index is 779. The molecule has 0 saturated carbocycles. The summed E-state index contributed by atoms with van der Waals surface area (Å²) in [6.45, 7) is 5.71. The van der Waals surface area contributed by atoms with Crippen molar-refractivity contribution in [2.45, 2.75) is 32.8 Å². The molecule has 2 saturated heterocycles. The largest absolute Gasteiger partial charge is 0.442 e. The molecule has 0 spiro atoms. The molecule has 0 bridgehead atoms. The van der Waals surface area contributed by atoms with Crippen LogP contribution in [0.4, 0.5) is 20.6 Å². The maximum Gasteiger partial charge on any atom is 0.414 e. The Hall–Kier alpha value is -2.16. The lowest BCUT2D eigenvalue weighted by Crippen LogP contribution is -2.38. The van der Waals surface area contributed by atoms with Gasteiger partial charge >= 0.3 is 6.09 Å². The number of halogens is 1. The summed E-state index contributed by atoms with van der Waals surface area (Å²) in [4.78, 5) is 27.3. The summed E-state index contributed by atoms with van der Waals surface area (Å²) in [7, 11) is -0.829. The monoisotopic (exact) mass is 425 g/mol. The quantitative estimate of drug-likeness (QED) is 0.725. The highest BCUT2D eigenvalue weighted by atomic mass is 32.2. The van der Waals surface area contributed by atoms with Gasteiger partial charge in [-0.15, -0.1) is 0 Å². The number of hydrogen-bond donors (Lipinski definition) is 1. The first-order valence-electron chi connectivity index (χ1n) is 9.98. The average Bonchev–Trinajstić information content (AvgIpc) is 3.06. The third-order valence-electron chi connectivity index (χ3n) is 5.11. The Morgan fingerprint density at radius 1 is 1.34 bits per heavy atom. The van der Waals surface area contributed by atoms with E-state index < -0.39 is 28.8 Å². The highest BCUT2D eigenvalue weighted by Gasteiger charge is 2.33. The van der Waals surface area contributed by atoms with Crippen LogP contribution in [0.25, 0.3) is 0 Å². The highest BCUT2D eigenvalue weighted by molar-refractivity contribution is 7.85. The van der Waals surface area contributed by atoms with Crippen LogP contribution in [0.1, 0.15) is 26.7 Å². The summed E-state index contributed by atoms with van der Waals surface area (Å²) < 4.78 is 31.5. The predicted octanol–water partition coefficient (Wildman–Crippen LogP) is 2.27. The van der Waals surface area contributed by atoms with E-state index in [1.54, 1.807) is 12.1 Å². The molecule has 1 aromatic carbocycles. The molecule has 29 heavy (non-hydrogen) atoms. The molecule has 7 nitrogen and oxygen atoms in total. The molecule has 0 aromatic heterocycles. The molecule has 2 amide bonds. The topological polar surface area (TPSA) is 79.0 Å². The molecule has 0 radical (unpaired) electrons. The highest BCUT2D eigenvalue weighted by Crippen LogP contribution is 2.28. The van der Waals surface area contributed by atoms with E-state index >= 15 is 0 Å². The molecule has 2 aliphatic heterocycles. The van der Waals surface area contributed by atoms with Gasteiger partial charge < -0.3 is 15.0 Å². The Labute approximate surface area is 173 Å². The predicted molar refractivity (Wildman–Crippen MR) is 111 cm³/mol. The molecule has 2 aliphatic rings. The van der Waals surface area contributed by atoms with E-state index in [0.717, 1.165) is 6.42 Å². The normalized spacial score (nSPS) is 20.3. The maximum absolute atomic E-state index is 14.7. The van der Waals surface area contributed by atoms with Crippen molar-refractivity contribution in [1.82, 2.24) is 5.32 Å². The number of nitrogens with one attached hydrogen (secondary N) is 1. The molecule has 2 fully saturated rings. The third kappa shape index (κ3) is 5.68. The number of anilines is 2. The molecule has 2 heterocycles. The van der Waals surface area contributed by atoms with Crippen LogP contribution in [0.15, 0.2) is 18.2 Å². The number of carbonyl (C=O) groups excluding carboxylic acids is 2. The lowest BCUT2D eigenvalue weighted by atomic mass is 10.1. The van der Waals surface area contributed by atoms with Crippen LogP contribution in [0.3, 0.4) is 0 Å². The first-order chi connectivity index (χ1) is 13.8. The van der Waals surface area contributed by atoms with Crippen LogP contribution >= 0.6 is 0 Å².